The zero-order valence-electron chi connectivity index (χ0n) is 15.1. The van der Waals surface area contributed by atoms with Crippen molar-refractivity contribution in [1.82, 2.24) is 19.9 Å². The number of halogens is 2. The number of hydrogen-bond donors (Lipinski definition) is 1. The van der Waals surface area contributed by atoms with Crippen LogP contribution in [0.2, 0.25) is 0 Å². The average Bonchev–Trinajstić information content (AvgIpc) is 2.72. The fraction of sp³-hybridized carbons (Fsp3) is 0.100. The monoisotopic (exact) mass is 379 g/mol. The van der Waals surface area contributed by atoms with Gasteiger partial charge < -0.3 is 10.1 Å². The summed E-state index contributed by atoms with van der Waals surface area (Å²) in [6.45, 7) is 0. The first-order chi connectivity index (χ1) is 13.6. The molecule has 0 unspecified atom stereocenters. The van der Waals surface area contributed by atoms with E-state index >= 15 is 0 Å². The van der Waals surface area contributed by atoms with Gasteiger partial charge in [-0.25, -0.2) is 28.7 Å². The number of anilines is 1. The Bertz CT molecular complexity index is 1170. The number of fused-ring (bicyclic) bond motifs is 1. The van der Waals surface area contributed by atoms with Crippen molar-refractivity contribution in [2.75, 3.05) is 19.5 Å². The first-order valence-corrected chi connectivity index (χ1v) is 8.39. The van der Waals surface area contributed by atoms with E-state index < -0.39 is 11.6 Å². The second-order valence-electron chi connectivity index (χ2n) is 5.97. The third-order valence-electron chi connectivity index (χ3n) is 4.28. The molecule has 0 fully saturated rings. The Kier molecular flexibility index (Phi) is 4.52. The summed E-state index contributed by atoms with van der Waals surface area (Å²) >= 11 is 0. The van der Waals surface area contributed by atoms with E-state index in [0.717, 1.165) is 6.07 Å². The zero-order chi connectivity index (χ0) is 19.7. The number of aromatic nitrogens is 4. The third kappa shape index (κ3) is 3.09. The third-order valence-corrected chi connectivity index (χ3v) is 4.28. The molecular formula is C20H15F2N5O. The van der Waals surface area contributed by atoms with Gasteiger partial charge in [-0.2, -0.15) is 0 Å². The quantitative estimate of drug-likeness (QED) is 0.576. The van der Waals surface area contributed by atoms with E-state index in [1.165, 1.54) is 25.6 Å². The molecule has 4 rings (SSSR count). The maximum atomic E-state index is 14.3. The molecule has 0 saturated carbocycles. The zero-order valence-corrected chi connectivity index (χ0v) is 15.1. The van der Waals surface area contributed by atoms with Crippen LogP contribution in [0.25, 0.3) is 33.4 Å². The fourth-order valence-electron chi connectivity index (χ4n) is 2.97. The molecule has 140 valence electrons. The average molecular weight is 379 g/mol. The van der Waals surface area contributed by atoms with E-state index in [4.69, 9.17) is 4.74 Å². The van der Waals surface area contributed by atoms with Crippen LogP contribution in [0.4, 0.5) is 14.6 Å². The lowest BCUT2D eigenvalue weighted by atomic mass is 10.0. The van der Waals surface area contributed by atoms with Crippen molar-refractivity contribution in [3.63, 3.8) is 0 Å². The number of nitrogens with one attached hydrogen (secondary N) is 1. The van der Waals surface area contributed by atoms with Crippen LogP contribution < -0.4 is 10.1 Å². The number of ether oxygens (including phenoxy) is 1. The first kappa shape index (κ1) is 17.7. The Labute approximate surface area is 159 Å². The van der Waals surface area contributed by atoms with Crippen molar-refractivity contribution in [1.29, 1.82) is 0 Å². The molecule has 0 spiro atoms. The predicted octanol–water partition coefficient (Wildman–Crippen LogP) is 4.08. The van der Waals surface area contributed by atoms with Crippen molar-refractivity contribution in [2.24, 2.45) is 0 Å². The predicted molar refractivity (Wildman–Crippen MR) is 102 cm³/mol. The highest BCUT2D eigenvalue weighted by Gasteiger charge is 2.16. The Morgan fingerprint density at radius 2 is 1.75 bits per heavy atom. The summed E-state index contributed by atoms with van der Waals surface area (Å²) in [5, 5.41) is 3.67. The van der Waals surface area contributed by atoms with Crippen LogP contribution in [0.3, 0.4) is 0 Å². The summed E-state index contributed by atoms with van der Waals surface area (Å²) < 4.78 is 33.1. The second kappa shape index (κ2) is 7.15. The van der Waals surface area contributed by atoms with Crippen molar-refractivity contribution < 1.29 is 13.5 Å². The number of nitrogens with zero attached hydrogens (tertiary/aromatic N) is 4. The maximum Gasteiger partial charge on any atom is 0.165 e. The Morgan fingerprint density at radius 3 is 2.43 bits per heavy atom. The molecule has 0 aliphatic carbocycles. The molecule has 8 heteroatoms. The molecule has 2 heterocycles. The highest BCUT2D eigenvalue weighted by Crippen LogP contribution is 2.36. The molecule has 1 N–H and O–H groups in total. The van der Waals surface area contributed by atoms with Crippen molar-refractivity contribution >= 4 is 16.7 Å². The van der Waals surface area contributed by atoms with Gasteiger partial charge in [0.25, 0.3) is 0 Å². The molecule has 6 nitrogen and oxygen atoms in total. The molecule has 0 atom stereocenters. The van der Waals surface area contributed by atoms with Gasteiger partial charge in [0.1, 0.15) is 35.0 Å². The number of rotatable bonds is 4. The summed E-state index contributed by atoms with van der Waals surface area (Å²) in [5.41, 5.74) is 1.98. The van der Waals surface area contributed by atoms with Crippen LogP contribution in [0, 0.1) is 11.6 Å². The van der Waals surface area contributed by atoms with Gasteiger partial charge >= 0.3 is 0 Å². The van der Waals surface area contributed by atoms with Gasteiger partial charge in [0.15, 0.2) is 5.82 Å². The molecule has 0 radical (unpaired) electrons. The van der Waals surface area contributed by atoms with Crippen molar-refractivity contribution in [3.8, 4) is 28.3 Å². The number of benzene rings is 2. The highest BCUT2D eigenvalue weighted by molar-refractivity contribution is 5.97. The maximum absolute atomic E-state index is 14.3. The van der Waals surface area contributed by atoms with Crippen LogP contribution in [-0.4, -0.2) is 34.1 Å². The fourth-order valence-corrected chi connectivity index (χ4v) is 2.97. The van der Waals surface area contributed by atoms with Gasteiger partial charge in [-0.15, -0.1) is 0 Å². The summed E-state index contributed by atoms with van der Waals surface area (Å²) in [7, 11) is 3.23. The van der Waals surface area contributed by atoms with Crippen LogP contribution in [0.1, 0.15) is 0 Å². The summed E-state index contributed by atoms with van der Waals surface area (Å²) in [6.07, 6.45) is 4.65. The second-order valence-corrected chi connectivity index (χ2v) is 5.97. The Hall–Kier alpha value is -3.68. The first-order valence-electron chi connectivity index (χ1n) is 8.39. The molecule has 0 aliphatic heterocycles. The van der Waals surface area contributed by atoms with Gasteiger partial charge in [-0.3, -0.25) is 0 Å². The summed E-state index contributed by atoms with van der Waals surface area (Å²) in [5.74, 6) is 0.102. The highest BCUT2D eigenvalue weighted by atomic mass is 19.1. The lowest BCUT2D eigenvalue weighted by Gasteiger charge is -2.13. The van der Waals surface area contributed by atoms with Gasteiger partial charge in [-0.1, -0.05) is 0 Å². The van der Waals surface area contributed by atoms with E-state index in [1.54, 1.807) is 31.6 Å². The lowest BCUT2D eigenvalue weighted by molar-refractivity contribution is 0.419. The van der Waals surface area contributed by atoms with E-state index in [0.29, 0.717) is 39.4 Å². The topological polar surface area (TPSA) is 72.8 Å². The van der Waals surface area contributed by atoms with Crippen molar-refractivity contribution in [3.05, 3.63) is 60.7 Å². The molecular weight excluding hydrogens is 364 g/mol. The van der Waals surface area contributed by atoms with Crippen LogP contribution in [0.5, 0.6) is 5.75 Å². The minimum Gasteiger partial charge on any atom is -0.494 e. The molecule has 0 amide bonds. The number of hydrogen-bond acceptors (Lipinski definition) is 6. The summed E-state index contributed by atoms with van der Waals surface area (Å²) in [4.78, 5) is 17.1. The van der Waals surface area contributed by atoms with Gasteiger partial charge in [-0.05, 0) is 29.8 Å². The SMILES string of the molecule is CNc1nc(-c2cncnc2)nc2c(OC)cc(-c3ccc(F)cc3F)cc12. The molecule has 2 aromatic heterocycles. The minimum absolute atomic E-state index is 0.254. The van der Waals surface area contributed by atoms with Gasteiger partial charge in [0.05, 0.1) is 12.7 Å². The van der Waals surface area contributed by atoms with Gasteiger partial charge in [0.2, 0.25) is 0 Å². The molecule has 28 heavy (non-hydrogen) atoms. The van der Waals surface area contributed by atoms with Gasteiger partial charge in [0, 0.05) is 36.5 Å². The smallest absolute Gasteiger partial charge is 0.165 e. The largest absolute Gasteiger partial charge is 0.494 e. The molecule has 4 aromatic rings. The van der Waals surface area contributed by atoms with E-state index in [9.17, 15) is 8.78 Å². The number of methoxy groups -OCH3 is 1. The molecule has 0 bridgehead atoms. The van der Waals surface area contributed by atoms with Crippen LogP contribution in [-0.2, 0) is 0 Å². The molecule has 0 aliphatic rings. The Balaban J connectivity index is 1.98. The normalized spacial score (nSPS) is 10.9. The van der Waals surface area contributed by atoms with Crippen LogP contribution >= 0.6 is 0 Å². The van der Waals surface area contributed by atoms with Crippen LogP contribution in [0.15, 0.2) is 49.1 Å². The van der Waals surface area contributed by atoms with E-state index in [1.807, 2.05) is 0 Å². The Morgan fingerprint density at radius 1 is 0.964 bits per heavy atom. The summed E-state index contributed by atoms with van der Waals surface area (Å²) in [6, 6.07) is 6.85. The standard InChI is InChI=1S/C20H15F2N5O/c1-23-20-15-5-11(14-4-3-13(21)7-16(14)22)6-17(28-2)18(15)26-19(27-20)12-8-24-10-25-9-12/h3-10H,1-2H3,(H,23,26,27). The lowest BCUT2D eigenvalue weighted by Crippen LogP contribution is -2.01. The van der Waals surface area contributed by atoms with E-state index in [-0.39, 0.29) is 5.56 Å². The molecule has 0 saturated heterocycles. The van der Waals surface area contributed by atoms with Crippen molar-refractivity contribution in [2.45, 2.75) is 0 Å². The molecule has 2 aromatic carbocycles. The van der Waals surface area contributed by atoms with E-state index in [2.05, 4.69) is 25.3 Å². The minimum atomic E-state index is -0.661.